The van der Waals surface area contributed by atoms with Gasteiger partial charge in [-0.05, 0) is 41.2 Å². The summed E-state index contributed by atoms with van der Waals surface area (Å²) in [6, 6.07) is 15.9. The Morgan fingerprint density at radius 2 is 1.84 bits per heavy atom. The number of hydrogen-bond acceptors (Lipinski definition) is 1. The Bertz CT molecular complexity index is 601. The minimum atomic E-state index is 0.307. The second-order valence-corrected chi connectivity index (χ2v) is 5.58. The molecule has 19 heavy (non-hydrogen) atoms. The number of rotatable bonds is 4. The second-order valence-electron chi connectivity index (χ2n) is 5.15. The van der Waals surface area contributed by atoms with Gasteiger partial charge in [0, 0.05) is 17.9 Å². The number of hydrogen-bond donors (Lipinski definition) is 0. The van der Waals surface area contributed by atoms with Crippen LogP contribution in [0.1, 0.15) is 29.0 Å². The third-order valence-corrected chi connectivity index (χ3v) is 4.00. The van der Waals surface area contributed by atoms with Crippen molar-refractivity contribution < 1.29 is 4.79 Å². The van der Waals surface area contributed by atoms with Gasteiger partial charge in [-0.15, -0.1) is 0 Å². The molecule has 0 aliphatic heterocycles. The molecule has 96 valence electrons. The highest BCUT2D eigenvalue weighted by atomic mass is 35.5. The molecule has 0 heterocycles. The molecule has 1 aliphatic rings. The average molecular weight is 271 g/mol. The van der Waals surface area contributed by atoms with Crippen LogP contribution in [0.5, 0.6) is 0 Å². The Kier molecular flexibility index (Phi) is 3.39. The normalized spacial score (nSPS) is 16.6. The molecule has 0 spiro atoms. The Hall–Kier alpha value is -1.60. The molecule has 1 atom stereocenters. The SMILES string of the molecule is O=C(Cc1ccc(Cl)cc1)CC1Cc2ccccc21. The van der Waals surface area contributed by atoms with Crippen molar-refractivity contribution in [1.82, 2.24) is 0 Å². The molecular formula is C17H15ClO. The van der Waals surface area contributed by atoms with Crippen LogP contribution in [0.15, 0.2) is 48.5 Å². The molecular weight excluding hydrogens is 256 g/mol. The van der Waals surface area contributed by atoms with E-state index in [0.29, 0.717) is 29.6 Å². The van der Waals surface area contributed by atoms with Gasteiger partial charge in [0.2, 0.25) is 0 Å². The number of fused-ring (bicyclic) bond motifs is 1. The summed E-state index contributed by atoms with van der Waals surface area (Å²) in [4.78, 5) is 12.1. The first-order chi connectivity index (χ1) is 9.22. The molecule has 0 saturated carbocycles. The van der Waals surface area contributed by atoms with Crippen LogP contribution in [0.4, 0.5) is 0 Å². The first-order valence-electron chi connectivity index (χ1n) is 6.56. The van der Waals surface area contributed by atoms with Crippen molar-refractivity contribution in [2.45, 2.75) is 25.2 Å². The number of carbonyl (C=O) groups excluding carboxylic acids is 1. The fourth-order valence-electron chi connectivity index (χ4n) is 2.72. The lowest BCUT2D eigenvalue weighted by atomic mass is 9.75. The molecule has 0 radical (unpaired) electrons. The van der Waals surface area contributed by atoms with Crippen LogP contribution in [0.3, 0.4) is 0 Å². The molecule has 0 bridgehead atoms. The Morgan fingerprint density at radius 1 is 1.11 bits per heavy atom. The minimum Gasteiger partial charge on any atom is -0.299 e. The molecule has 1 nitrogen and oxygen atoms in total. The van der Waals surface area contributed by atoms with Gasteiger partial charge in [0.1, 0.15) is 5.78 Å². The van der Waals surface area contributed by atoms with Crippen LogP contribution in [-0.4, -0.2) is 5.78 Å². The van der Waals surface area contributed by atoms with E-state index in [9.17, 15) is 4.79 Å². The zero-order valence-corrected chi connectivity index (χ0v) is 11.4. The quantitative estimate of drug-likeness (QED) is 0.814. The van der Waals surface area contributed by atoms with Crippen LogP contribution in [0.2, 0.25) is 5.02 Å². The van der Waals surface area contributed by atoms with Crippen molar-refractivity contribution in [1.29, 1.82) is 0 Å². The van der Waals surface area contributed by atoms with Gasteiger partial charge in [-0.1, -0.05) is 48.0 Å². The smallest absolute Gasteiger partial charge is 0.137 e. The summed E-state index contributed by atoms with van der Waals surface area (Å²) in [5.74, 6) is 0.734. The standard InChI is InChI=1S/C17H15ClO/c18-15-7-5-12(6-8-15)9-16(19)11-14-10-13-3-1-2-4-17(13)14/h1-8,14H,9-11H2. The second kappa shape index (κ2) is 5.18. The van der Waals surface area contributed by atoms with Gasteiger partial charge in [-0.25, -0.2) is 0 Å². The van der Waals surface area contributed by atoms with Gasteiger partial charge in [-0.2, -0.15) is 0 Å². The van der Waals surface area contributed by atoms with E-state index in [1.165, 1.54) is 11.1 Å². The maximum absolute atomic E-state index is 12.1. The van der Waals surface area contributed by atoms with Crippen molar-refractivity contribution >= 4 is 17.4 Å². The summed E-state index contributed by atoms with van der Waals surface area (Å²) < 4.78 is 0. The van der Waals surface area contributed by atoms with Crippen LogP contribution < -0.4 is 0 Å². The van der Waals surface area contributed by atoms with Crippen molar-refractivity contribution in [3.05, 3.63) is 70.2 Å². The predicted molar refractivity (Wildman–Crippen MR) is 77.7 cm³/mol. The third-order valence-electron chi connectivity index (χ3n) is 3.75. The van der Waals surface area contributed by atoms with Crippen molar-refractivity contribution in [3.8, 4) is 0 Å². The average Bonchev–Trinajstić information content (AvgIpc) is 2.39. The van der Waals surface area contributed by atoms with E-state index in [2.05, 4.69) is 24.3 Å². The van der Waals surface area contributed by atoms with Crippen LogP contribution in [-0.2, 0) is 17.6 Å². The van der Waals surface area contributed by atoms with Gasteiger partial charge in [0.25, 0.3) is 0 Å². The fraction of sp³-hybridized carbons (Fsp3) is 0.235. The number of carbonyl (C=O) groups is 1. The molecule has 2 aromatic carbocycles. The first kappa shape index (κ1) is 12.4. The summed E-state index contributed by atoms with van der Waals surface area (Å²) in [6.07, 6.45) is 2.21. The lowest BCUT2D eigenvalue weighted by Crippen LogP contribution is -2.20. The Morgan fingerprint density at radius 3 is 2.58 bits per heavy atom. The van der Waals surface area contributed by atoms with E-state index in [1.54, 1.807) is 0 Å². The lowest BCUT2D eigenvalue weighted by molar-refractivity contribution is -0.118. The van der Waals surface area contributed by atoms with Crippen molar-refractivity contribution in [2.75, 3.05) is 0 Å². The number of halogens is 1. The predicted octanol–water partition coefficient (Wildman–Crippen LogP) is 4.18. The maximum atomic E-state index is 12.1. The molecule has 1 unspecified atom stereocenters. The molecule has 2 heteroatoms. The monoisotopic (exact) mass is 270 g/mol. The van der Waals surface area contributed by atoms with Crippen LogP contribution in [0, 0.1) is 0 Å². The highest BCUT2D eigenvalue weighted by Gasteiger charge is 2.27. The van der Waals surface area contributed by atoms with Crippen molar-refractivity contribution in [2.24, 2.45) is 0 Å². The van der Waals surface area contributed by atoms with Gasteiger partial charge in [-0.3, -0.25) is 4.79 Å². The fourth-order valence-corrected chi connectivity index (χ4v) is 2.85. The molecule has 0 saturated heterocycles. The highest BCUT2D eigenvalue weighted by molar-refractivity contribution is 6.30. The number of benzene rings is 2. The van der Waals surface area contributed by atoms with Gasteiger partial charge >= 0.3 is 0 Å². The van der Waals surface area contributed by atoms with Crippen LogP contribution in [0.25, 0.3) is 0 Å². The molecule has 2 aromatic rings. The Balaban J connectivity index is 1.60. The first-order valence-corrected chi connectivity index (χ1v) is 6.94. The van der Waals surface area contributed by atoms with Crippen molar-refractivity contribution in [3.63, 3.8) is 0 Å². The van der Waals surface area contributed by atoms with Gasteiger partial charge in [0.15, 0.2) is 0 Å². The van der Waals surface area contributed by atoms with Crippen LogP contribution >= 0.6 is 11.6 Å². The lowest BCUT2D eigenvalue weighted by Gasteiger charge is -2.29. The van der Waals surface area contributed by atoms with E-state index in [0.717, 1.165) is 12.0 Å². The summed E-state index contributed by atoms with van der Waals surface area (Å²) >= 11 is 5.84. The van der Waals surface area contributed by atoms with E-state index in [4.69, 9.17) is 11.6 Å². The number of Topliss-reactive ketones (excluding diaryl/α,β-unsaturated/α-hetero) is 1. The summed E-state index contributed by atoms with van der Waals surface area (Å²) in [5.41, 5.74) is 3.79. The zero-order valence-electron chi connectivity index (χ0n) is 10.6. The Labute approximate surface area is 118 Å². The zero-order chi connectivity index (χ0) is 13.2. The maximum Gasteiger partial charge on any atom is 0.137 e. The molecule has 1 aliphatic carbocycles. The molecule has 3 rings (SSSR count). The van der Waals surface area contributed by atoms with Gasteiger partial charge < -0.3 is 0 Å². The molecule has 0 N–H and O–H groups in total. The molecule has 0 aromatic heterocycles. The van der Waals surface area contributed by atoms with E-state index in [1.807, 2.05) is 24.3 Å². The van der Waals surface area contributed by atoms with E-state index in [-0.39, 0.29) is 0 Å². The van der Waals surface area contributed by atoms with E-state index < -0.39 is 0 Å². The highest BCUT2D eigenvalue weighted by Crippen LogP contribution is 2.37. The molecule has 0 amide bonds. The summed E-state index contributed by atoms with van der Waals surface area (Å²) in [7, 11) is 0. The summed E-state index contributed by atoms with van der Waals surface area (Å²) in [5, 5.41) is 0.712. The molecule has 0 fully saturated rings. The minimum absolute atomic E-state index is 0.307. The third kappa shape index (κ3) is 2.71. The van der Waals surface area contributed by atoms with E-state index >= 15 is 0 Å². The largest absolute Gasteiger partial charge is 0.299 e. The number of ketones is 1. The summed E-state index contributed by atoms with van der Waals surface area (Å²) in [6.45, 7) is 0. The topological polar surface area (TPSA) is 17.1 Å². The van der Waals surface area contributed by atoms with Gasteiger partial charge in [0.05, 0.1) is 0 Å².